The standard InChI is InChI=1S/C23H28ClN7O4/c1-30-7-3-9-35-18-10-14(4-5-16(18)24)26-11-15-19-20(27-13-28-21(19)29-22(15)33)25-6-8-31(2)23(34)17(30)12-32/h4-5,10-11,13,15,17,32H,3,6-9,12H2,1-2H3,(H2,25,27,28,29,33)/t15?,17-/m1/s1. The van der Waals surface area contributed by atoms with Gasteiger partial charge in [0.05, 0.1) is 29.5 Å². The molecule has 0 aliphatic carbocycles. The van der Waals surface area contributed by atoms with Crippen molar-refractivity contribution in [2.75, 3.05) is 57.6 Å². The molecule has 186 valence electrons. The number of aliphatic hydroxyl groups excluding tert-OH is 1. The van der Waals surface area contributed by atoms with E-state index in [1.54, 1.807) is 43.4 Å². The number of hydrogen-bond donors (Lipinski definition) is 3. The van der Waals surface area contributed by atoms with E-state index in [1.165, 1.54) is 6.33 Å². The SMILES string of the molecule is CN1CCNc2ncnc3c2C(C=Nc2ccc(Cl)c(c2)OCCCN(C)[C@H](CO)C1=O)C(=O)N3. The number of hydrogen-bond acceptors (Lipinski definition) is 9. The number of likely N-dealkylation sites (N-methyl/N-ethyl adjacent to an activating group) is 2. The highest BCUT2D eigenvalue weighted by Crippen LogP contribution is 2.35. The maximum Gasteiger partial charge on any atom is 0.242 e. The number of halogens is 1. The Morgan fingerprint density at radius 1 is 1.20 bits per heavy atom. The van der Waals surface area contributed by atoms with E-state index in [9.17, 15) is 14.7 Å². The van der Waals surface area contributed by atoms with Crippen LogP contribution in [0.3, 0.4) is 0 Å². The number of nitrogens with zero attached hydrogens (tertiary/aromatic N) is 5. The number of fused-ring (bicyclic) bond motifs is 2. The number of aliphatic imine (C=N–C) groups is 1. The minimum Gasteiger partial charge on any atom is -0.492 e. The lowest BCUT2D eigenvalue weighted by Gasteiger charge is -2.29. The molecule has 2 bridgehead atoms. The van der Waals surface area contributed by atoms with Crippen molar-refractivity contribution >= 4 is 47.0 Å². The van der Waals surface area contributed by atoms with Crippen molar-refractivity contribution in [1.29, 1.82) is 0 Å². The summed E-state index contributed by atoms with van der Waals surface area (Å²) in [4.78, 5) is 41.9. The number of nitrogens with one attached hydrogen (secondary N) is 2. The molecule has 2 aliphatic heterocycles. The van der Waals surface area contributed by atoms with Crippen LogP contribution in [0.25, 0.3) is 0 Å². The van der Waals surface area contributed by atoms with Gasteiger partial charge in [-0.05, 0) is 25.6 Å². The molecule has 0 spiro atoms. The van der Waals surface area contributed by atoms with E-state index in [-0.39, 0.29) is 18.4 Å². The van der Waals surface area contributed by atoms with E-state index >= 15 is 0 Å². The van der Waals surface area contributed by atoms with Crippen LogP contribution >= 0.6 is 11.6 Å². The summed E-state index contributed by atoms with van der Waals surface area (Å²) < 4.78 is 5.85. The van der Waals surface area contributed by atoms with Gasteiger partial charge < -0.3 is 25.4 Å². The molecular weight excluding hydrogens is 474 g/mol. The molecule has 3 heterocycles. The van der Waals surface area contributed by atoms with E-state index in [2.05, 4.69) is 25.6 Å². The maximum absolute atomic E-state index is 12.9. The second-order valence-electron chi connectivity index (χ2n) is 8.41. The average Bonchev–Trinajstić information content (AvgIpc) is 3.17. The third kappa shape index (κ3) is 5.53. The van der Waals surface area contributed by atoms with Gasteiger partial charge in [0.2, 0.25) is 11.8 Å². The predicted molar refractivity (Wildman–Crippen MR) is 133 cm³/mol. The Kier molecular flexibility index (Phi) is 7.79. The van der Waals surface area contributed by atoms with E-state index in [0.29, 0.717) is 66.3 Å². The first-order chi connectivity index (χ1) is 16.9. The van der Waals surface area contributed by atoms with Crippen molar-refractivity contribution in [2.24, 2.45) is 4.99 Å². The summed E-state index contributed by atoms with van der Waals surface area (Å²) >= 11 is 6.29. The highest BCUT2D eigenvalue weighted by atomic mass is 35.5. The lowest BCUT2D eigenvalue weighted by molar-refractivity contribution is -0.136. The van der Waals surface area contributed by atoms with Gasteiger partial charge in [-0.25, -0.2) is 9.97 Å². The number of aliphatic hydroxyl groups is 1. The van der Waals surface area contributed by atoms with Gasteiger partial charge >= 0.3 is 0 Å². The number of carbonyl (C=O) groups is 2. The molecule has 1 unspecified atom stereocenters. The molecule has 11 nitrogen and oxygen atoms in total. The fourth-order valence-corrected chi connectivity index (χ4v) is 4.18. The zero-order chi connectivity index (χ0) is 24.9. The number of anilines is 2. The van der Waals surface area contributed by atoms with Crippen molar-refractivity contribution in [3.63, 3.8) is 0 Å². The molecule has 0 saturated heterocycles. The summed E-state index contributed by atoms with van der Waals surface area (Å²) in [6, 6.07) is 4.47. The van der Waals surface area contributed by atoms with Crippen LogP contribution in [0.1, 0.15) is 17.9 Å². The van der Waals surface area contributed by atoms with Gasteiger partial charge in [-0.2, -0.15) is 0 Å². The number of aromatic nitrogens is 2. The summed E-state index contributed by atoms with van der Waals surface area (Å²) in [6.07, 6.45) is 3.53. The summed E-state index contributed by atoms with van der Waals surface area (Å²) in [5.74, 6) is 0.229. The number of benzene rings is 1. The van der Waals surface area contributed by atoms with Crippen molar-refractivity contribution in [2.45, 2.75) is 18.4 Å². The first kappa shape index (κ1) is 24.8. The molecule has 2 amide bonds. The van der Waals surface area contributed by atoms with Gasteiger partial charge in [-0.15, -0.1) is 0 Å². The lowest BCUT2D eigenvalue weighted by atomic mass is 10.0. The topological polar surface area (TPSA) is 132 Å². The summed E-state index contributed by atoms with van der Waals surface area (Å²) in [5.41, 5.74) is 1.17. The van der Waals surface area contributed by atoms with Crippen LogP contribution in [0.15, 0.2) is 29.5 Å². The molecule has 2 atom stereocenters. The normalized spacial score (nSPS) is 21.8. The van der Waals surface area contributed by atoms with Crippen LogP contribution in [-0.2, 0) is 9.59 Å². The molecule has 12 heteroatoms. The molecule has 2 aromatic rings. The molecule has 1 aromatic heterocycles. The van der Waals surface area contributed by atoms with Gasteiger partial charge in [-0.1, -0.05) is 11.6 Å². The molecule has 2 aliphatic rings. The zero-order valence-electron chi connectivity index (χ0n) is 19.6. The van der Waals surface area contributed by atoms with Crippen LogP contribution < -0.4 is 15.4 Å². The van der Waals surface area contributed by atoms with Gasteiger partial charge in [0.1, 0.15) is 35.7 Å². The lowest BCUT2D eigenvalue weighted by Crippen LogP contribution is -2.49. The molecule has 4 rings (SSSR count). The second-order valence-corrected chi connectivity index (χ2v) is 8.82. The number of rotatable bonds is 1. The Morgan fingerprint density at radius 3 is 2.80 bits per heavy atom. The quantitative estimate of drug-likeness (QED) is 0.535. The highest BCUT2D eigenvalue weighted by Gasteiger charge is 2.34. The summed E-state index contributed by atoms with van der Waals surface area (Å²) in [5, 5.41) is 16.3. The van der Waals surface area contributed by atoms with Gasteiger partial charge in [-0.3, -0.25) is 19.5 Å². The van der Waals surface area contributed by atoms with Crippen LogP contribution in [0, 0.1) is 0 Å². The Balaban J connectivity index is 1.65. The van der Waals surface area contributed by atoms with Gasteiger partial charge in [0.15, 0.2) is 0 Å². The van der Waals surface area contributed by atoms with Crippen molar-refractivity contribution in [1.82, 2.24) is 19.8 Å². The smallest absolute Gasteiger partial charge is 0.242 e. The molecule has 0 saturated carbocycles. The van der Waals surface area contributed by atoms with E-state index in [4.69, 9.17) is 16.3 Å². The average molecular weight is 502 g/mol. The first-order valence-corrected chi connectivity index (χ1v) is 11.7. The molecular formula is C23H28ClN7O4. The summed E-state index contributed by atoms with van der Waals surface area (Å²) in [6.45, 7) is 1.37. The van der Waals surface area contributed by atoms with Crippen LogP contribution in [0.5, 0.6) is 5.75 Å². The van der Waals surface area contributed by atoms with E-state index in [0.717, 1.165) is 0 Å². The third-order valence-electron chi connectivity index (χ3n) is 6.03. The second kappa shape index (κ2) is 11.0. The largest absolute Gasteiger partial charge is 0.492 e. The monoisotopic (exact) mass is 501 g/mol. The first-order valence-electron chi connectivity index (χ1n) is 11.3. The number of ether oxygens (including phenoxy) is 1. The van der Waals surface area contributed by atoms with Gasteiger partial charge in [0, 0.05) is 39.0 Å². The number of carbonyl (C=O) groups excluding carboxylic acids is 2. The Bertz CT molecular complexity index is 1130. The van der Waals surface area contributed by atoms with Crippen molar-refractivity contribution in [3.05, 3.63) is 35.1 Å². The fourth-order valence-electron chi connectivity index (χ4n) is 4.01. The zero-order valence-corrected chi connectivity index (χ0v) is 20.3. The molecule has 3 N–H and O–H groups in total. The molecule has 0 radical (unpaired) electrons. The number of amides is 2. The Labute approximate surface area is 208 Å². The third-order valence-corrected chi connectivity index (χ3v) is 6.34. The summed E-state index contributed by atoms with van der Waals surface area (Å²) in [7, 11) is 3.48. The van der Waals surface area contributed by atoms with Crippen molar-refractivity contribution < 1.29 is 19.4 Å². The molecule has 0 fully saturated rings. The van der Waals surface area contributed by atoms with Crippen LogP contribution in [0.4, 0.5) is 17.3 Å². The minimum absolute atomic E-state index is 0.193. The van der Waals surface area contributed by atoms with E-state index < -0.39 is 12.0 Å². The predicted octanol–water partition coefficient (Wildman–Crippen LogP) is 1.51. The minimum atomic E-state index is -0.692. The maximum atomic E-state index is 12.9. The van der Waals surface area contributed by atoms with Crippen molar-refractivity contribution in [3.8, 4) is 5.75 Å². The van der Waals surface area contributed by atoms with Crippen LogP contribution in [0.2, 0.25) is 5.02 Å². The van der Waals surface area contributed by atoms with E-state index in [1.807, 2.05) is 4.90 Å². The fraction of sp³-hybridized carbons (Fsp3) is 0.435. The molecule has 1 aromatic carbocycles. The van der Waals surface area contributed by atoms with Crippen LogP contribution in [-0.4, -0.2) is 95.9 Å². The Hall–Kier alpha value is -3.28. The Morgan fingerprint density at radius 2 is 2.00 bits per heavy atom. The van der Waals surface area contributed by atoms with Gasteiger partial charge in [0.25, 0.3) is 0 Å². The molecule has 35 heavy (non-hydrogen) atoms. The highest BCUT2D eigenvalue weighted by molar-refractivity contribution is 6.32.